The maximum absolute atomic E-state index is 5.45. The molecule has 0 aliphatic heterocycles. The zero-order valence-corrected chi connectivity index (χ0v) is 11.4. The van der Waals surface area contributed by atoms with Crippen molar-refractivity contribution in [1.82, 2.24) is 0 Å². The van der Waals surface area contributed by atoms with Crippen LogP contribution in [0.2, 0.25) is 0 Å². The fourth-order valence-electron chi connectivity index (χ4n) is 2.39. The van der Waals surface area contributed by atoms with Gasteiger partial charge in [-0.25, -0.2) is 0 Å². The summed E-state index contributed by atoms with van der Waals surface area (Å²) in [5.41, 5.74) is 2.75. The van der Waals surface area contributed by atoms with Gasteiger partial charge in [0.05, 0.1) is 14.1 Å². The molecule has 2 aromatic rings. The van der Waals surface area contributed by atoms with Crippen LogP contribution < -0.4 is 0 Å². The largest absolute Gasteiger partial charge is 0.315 e. The number of terminal acetylenes is 1. The van der Waals surface area contributed by atoms with E-state index in [2.05, 4.69) is 63.3 Å². The van der Waals surface area contributed by atoms with Crippen molar-refractivity contribution >= 4 is 10.8 Å². The quantitative estimate of drug-likeness (QED) is 0.568. The van der Waals surface area contributed by atoms with E-state index < -0.39 is 0 Å². The van der Waals surface area contributed by atoms with Gasteiger partial charge in [-0.1, -0.05) is 36.4 Å². The second kappa shape index (κ2) is 4.84. The van der Waals surface area contributed by atoms with Crippen LogP contribution in [0.4, 0.5) is 0 Å². The summed E-state index contributed by atoms with van der Waals surface area (Å²) < 4.78 is 0.825. The summed E-state index contributed by atoms with van der Waals surface area (Å²) >= 11 is 0. The van der Waals surface area contributed by atoms with Crippen molar-refractivity contribution in [3.05, 3.63) is 47.5 Å². The number of hydrogen-bond donors (Lipinski definition) is 0. The Morgan fingerprint density at radius 1 is 1.11 bits per heavy atom. The number of hydrogen-bond acceptors (Lipinski definition) is 0. The van der Waals surface area contributed by atoms with Gasteiger partial charge in [0.25, 0.3) is 0 Å². The predicted molar refractivity (Wildman–Crippen MR) is 78.2 cm³/mol. The van der Waals surface area contributed by atoms with Crippen LogP contribution in [-0.4, -0.2) is 25.1 Å². The summed E-state index contributed by atoms with van der Waals surface area (Å²) in [5.74, 6) is 2.77. The topological polar surface area (TPSA) is 0 Å². The molecular weight excluding hydrogens is 218 g/mol. The first-order valence-corrected chi connectivity index (χ1v) is 6.26. The number of fused-ring (bicyclic) bond motifs is 1. The zero-order valence-electron chi connectivity index (χ0n) is 11.4. The monoisotopic (exact) mass is 238 g/mol. The number of nitrogens with zero attached hydrogens (tertiary/aromatic N) is 1. The minimum absolute atomic E-state index is 0.753. The summed E-state index contributed by atoms with van der Waals surface area (Å²) in [4.78, 5) is 0. The lowest BCUT2D eigenvalue weighted by molar-refractivity contribution is -0.896. The molecule has 0 aliphatic carbocycles. The van der Waals surface area contributed by atoms with Gasteiger partial charge in [-0.3, -0.25) is 0 Å². The Bertz CT molecular complexity index is 603. The van der Waals surface area contributed by atoms with Gasteiger partial charge in [0.1, 0.15) is 13.1 Å². The lowest BCUT2D eigenvalue weighted by atomic mass is 9.99. The minimum Gasteiger partial charge on any atom is -0.315 e. The molecule has 0 fully saturated rings. The fraction of sp³-hybridized carbons (Fsp3) is 0.294. The first-order chi connectivity index (χ1) is 8.53. The third-order valence-electron chi connectivity index (χ3n) is 3.38. The average molecular weight is 238 g/mol. The molecule has 2 aromatic carbocycles. The van der Waals surface area contributed by atoms with E-state index in [1.54, 1.807) is 0 Å². The van der Waals surface area contributed by atoms with Gasteiger partial charge in [0.2, 0.25) is 0 Å². The highest BCUT2D eigenvalue weighted by Crippen LogP contribution is 2.24. The highest BCUT2D eigenvalue weighted by atomic mass is 15.3. The highest BCUT2D eigenvalue weighted by Gasteiger charge is 2.17. The molecule has 0 spiro atoms. The third kappa shape index (κ3) is 2.55. The molecule has 0 atom stereocenters. The van der Waals surface area contributed by atoms with Crippen molar-refractivity contribution in [2.24, 2.45) is 0 Å². The van der Waals surface area contributed by atoms with E-state index in [9.17, 15) is 0 Å². The van der Waals surface area contributed by atoms with Crippen molar-refractivity contribution in [1.29, 1.82) is 0 Å². The second-order valence-corrected chi connectivity index (χ2v) is 5.54. The molecule has 0 unspecified atom stereocenters. The van der Waals surface area contributed by atoms with E-state index >= 15 is 0 Å². The summed E-state index contributed by atoms with van der Waals surface area (Å²) in [6.45, 7) is 3.90. The van der Waals surface area contributed by atoms with Crippen LogP contribution in [0, 0.1) is 19.3 Å². The molecule has 0 aromatic heterocycles. The maximum atomic E-state index is 5.45. The lowest BCUT2D eigenvalue weighted by Crippen LogP contribution is -2.39. The third-order valence-corrected chi connectivity index (χ3v) is 3.38. The van der Waals surface area contributed by atoms with Crippen LogP contribution in [0.15, 0.2) is 36.4 Å². The van der Waals surface area contributed by atoms with E-state index in [4.69, 9.17) is 6.42 Å². The van der Waals surface area contributed by atoms with Crippen LogP contribution in [0.3, 0.4) is 0 Å². The van der Waals surface area contributed by atoms with E-state index in [1.807, 2.05) is 0 Å². The van der Waals surface area contributed by atoms with Gasteiger partial charge < -0.3 is 4.48 Å². The molecule has 92 valence electrons. The van der Waals surface area contributed by atoms with Gasteiger partial charge in [0, 0.05) is 5.56 Å². The van der Waals surface area contributed by atoms with Crippen LogP contribution in [0.25, 0.3) is 10.8 Å². The van der Waals surface area contributed by atoms with Gasteiger partial charge in [-0.05, 0) is 29.2 Å². The van der Waals surface area contributed by atoms with Crippen LogP contribution in [0.1, 0.15) is 11.1 Å². The summed E-state index contributed by atoms with van der Waals surface area (Å²) in [6, 6.07) is 12.9. The van der Waals surface area contributed by atoms with Crippen molar-refractivity contribution < 1.29 is 4.48 Å². The number of rotatable bonds is 3. The summed E-state index contributed by atoms with van der Waals surface area (Å²) in [7, 11) is 4.36. The first-order valence-electron chi connectivity index (χ1n) is 6.26. The molecule has 1 heteroatoms. The average Bonchev–Trinajstić information content (AvgIpc) is 2.33. The SMILES string of the molecule is C#CC[N+](C)(C)Cc1c(C)ccc2ccccc12. The Kier molecular flexibility index (Phi) is 3.41. The smallest absolute Gasteiger partial charge is 0.140 e. The van der Waals surface area contributed by atoms with Crippen LogP contribution in [-0.2, 0) is 6.54 Å². The molecular formula is C17H20N+. The summed E-state index contributed by atoms with van der Waals surface area (Å²) in [5, 5.41) is 2.65. The van der Waals surface area contributed by atoms with E-state index in [0.29, 0.717) is 0 Å². The van der Waals surface area contributed by atoms with Gasteiger partial charge in [-0.15, -0.1) is 6.42 Å². The number of benzene rings is 2. The predicted octanol–water partition coefficient (Wildman–Crippen LogP) is 3.36. The van der Waals surface area contributed by atoms with Gasteiger partial charge in [-0.2, -0.15) is 0 Å². The molecule has 0 bridgehead atoms. The molecule has 2 rings (SSSR count). The molecule has 0 saturated heterocycles. The van der Waals surface area contributed by atoms with Crippen LogP contribution in [0.5, 0.6) is 0 Å². The molecule has 0 aliphatic rings. The lowest BCUT2D eigenvalue weighted by Gasteiger charge is -2.28. The Morgan fingerprint density at radius 2 is 1.83 bits per heavy atom. The molecule has 0 heterocycles. The van der Waals surface area contributed by atoms with Crippen molar-refractivity contribution in [3.63, 3.8) is 0 Å². The molecule has 0 radical (unpaired) electrons. The van der Waals surface area contributed by atoms with Gasteiger partial charge >= 0.3 is 0 Å². The van der Waals surface area contributed by atoms with Crippen molar-refractivity contribution in [3.8, 4) is 12.3 Å². The zero-order chi connectivity index (χ0) is 13.2. The highest BCUT2D eigenvalue weighted by molar-refractivity contribution is 5.86. The Balaban J connectivity index is 2.50. The van der Waals surface area contributed by atoms with Crippen molar-refractivity contribution in [2.75, 3.05) is 20.6 Å². The normalized spacial score (nSPS) is 11.4. The molecule has 0 amide bonds. The Hall–Kier alpha value is -1.78. The van der Waals surface area contributed by atoms with Gasteiger partial charge in [0.15, 0.2) is 0 Å². The van der Waals surface area contributed by atoms with E-state index in [0.717, 1.165) is 17.6 Å². The summed E-state index contributed by atoms with van der Waals surface area (Å²) in [6.07, 6.45) is 5.45. The van der Waals surface area contributed by atoms with Crippen LogP contribution >= 0.6 is 0 Å². The molecule has 1 nitrogen and oxygen atoms in total. The fourth-order valence-corrected chi connectivity index (χ4v) is 2.39. The minimum atomic E-state index is 0.753. The van der Waals surface area contributed by atoms with E-state index in [1.165, 1.54) is 21.9 Å². The first kappa shape index (κ1) is 12.7. The number of aryl methyl sites for hydroxylation is 1. The molecule has 0 saturated carbocycles. The molecule has 18 heavy (non-hydrogen) atoms. The Labute approximate surface area is 110 Å². The van der Waals surface area contributed by atoms with E-state index in [-0.39, 0.29) is 0 Å². The Morgan fingerprint density at radius 3 is 2.56 bits per heavy atom. The molecule has 0 N–H and O–H groups in total. The maximum Gasteiger partial charge on any atom is 0.140 e. The second-order valence-electron chi connectivity index (χ2n) is 5.54. The number of quaternary nitrogens is 1. The van der Waals surface area contributed by atoms with Crippen molar-refractivity contribution in [2.45, 2.75) is 13.5 Å². The standard InChI is InChI=1S/C17H20N/c1-5-12-18(3,4)13-17-14(2)10-11-15-8-6-7-9-16(15)17/h1,6-11H,12-13H2,2-4H3/q+1.